The van der Waals surface area contributed by atoms with Crippen LogP contribution < -0.4 is 16.0 Å². The predicted octanol–water partition coefficient (Wildman–Crippen LogP) is 2.67. The first-order chi connectivity index (χ1) is 16.0. The van der Waals surface area contributed by atoms with Crippen molar-refractivity contribution in [3.8, 4) is 0 Å². The summed E-state index contributed by atoms with van der Waals surface area (Å²) in [5, 5.41) is 8.99. The molecule has 0 radical (unpaired) electrons. The zero-order valence-corrected chi connectivity index (χ0v) is 19.9. The van der Waals surface area contributed by atoms with Gasteiger partial charge in [-0.2, -0.15) is 5.10 Å². The Morgan fingerprint density at radius 3 is 2.97 bits per heavy atom. The van der Waals surface area contributed by atoms with Crippen LogP contribution >= 0.6 is 11.3 Å². The lowest BCUT2D eigenvalue weighted by Gasteiger charge is -2.26. The van der Waals surface area contributed by atoms with Crippen molar-refractivity contribution in [2.45, 2.75) is 19.3 Å². The second-order valence-corrected chi connectivity index (χ2v) is 9.77. The van der Waals surface area contributed by atoms with Gasteiger partial charge in [0.25, 0.3) is 0 Å². The molecule has 0 fully saturated rings. The van der Waals surface area contributed by atoms with Crippen LogP contribution in [0.3, 0.4) is 0 Å². The molecule has 1 atom stereocenters. The highest BCUT2D eigenvalue weighted by Gasteiger charge is 2.30. The minimum atomic E-state index is -0.00361. The van der Waals surface area contributed by atoms with E-state index in [4.69, 9.17) is 5.73 Å². The second kappa shape index (κ2) is 8.60. The first-order valence-electron chi connectivity index (χ1n) is 11.1. The summed E-state index contributed by atoms with van der Waals surface area (Å²) in [6.07, 6.45) is 7.82. The van der Waals surface area contributed by atoms with Crippen molar-refractivity contribution in [1.82, 2.24) is 24.5 Å². The molecule has 5 rings (SSSR count). The van der Waals surface area contributed by atoms with Gasteiger partial charge in [-0.1, -0.05) is 0 Å². The molecule has 33 heavy (non-hydrogen) atoms. The van der Waals surface area contributed by atoms with E-state index in [9.17, 15) is 4.79 Å². The Labute approximate surface area is 196 Å². The standard InChI is InChI=1S/C23H28N8OS/c1-29(2)18-12-31-15(6-8-27-31)11-17(18)28-21-20-16-5-4-14(23(32)30(3)9-7-24)10-19(16)33-22(20)26-13-25-21/h6,8,11-14H,4-5,7,9-10,24H2,1-3H3,(H,25,26,28)/t14-/m0/s1. The number of amides is 1. The van der Waals surface area contributed by atoms with Gasteiger partial charge in [0.15, 0.2) is 0 Å². The number of hydrogen-bond donors (Lipinski definition) is 2. The molecule has 4 aromatic heterocycles. The monoisotopic (exact) mass is 464 g/mol. The molecule has 3 N–H and O–H groups in total. The average Bonchev–Trinajstić information content (AvgIpc) is 3.41. The van der Waals surface area contributed by atoms with E-state index in [1.807, 2.05) is 37.9 Å². The van der Waals surface area contributed by atoms with Gasteiger partial charge in [-0.3, -0.25) is 4.79 Å². The number of thiophene rings is 1. The molecule has 4 aromatic rings. The number of carbonyl (C=O) groups is 1. The average molecular weight is 465 g/mol. The van der Waals surface area contributed by atoms with Crippen LogP contribution in [0.1, 0.15) is 16.9 Å². The summed E-state index contributed by atoms with van der Waals surface area (Å²) in [5.41, 5.74) is 9.87. The quantitative estimate of drug-likeness (QED) is 0.452. The van der Waals surface area contributed by atoms with E-state index in [0.717, 1.165) is 52.2 Å². The van der Waals surface area contributed by atoms with Gasteiger partial charge in [-0.05, 0) is 37.0 Å². The molecule has 172 valence electrons. The number of likely N-dealkylation sites (N-methyl/N-ethyl adjacent to an activating group) is 1. The van der Waals surface area contributed by atoms with Gasteiger partial charge in [0, 0.05) is 51.2 Å². The van der Waals surface area contributed by atoms with Gasteiger partial charge in [-0.15, -0.1) is 11.3 Å². The number of aromatic nitrogens is 4. The predicted molar refractivity (Wildman–Crippen MR) is 132 cm³/mol. The van der Waals surface area contributed by atoms with Crippen molar-refractivity contribution in [1.29, 1.82) is 0 Å². The molecule has 1 amide bonds. The number of aryl methyl sites for hydroxylation is 1. The molecule has 0 unspecified atom stereocenters. The molecule has 4 heterocycles. The molecule has 10 heteroatoms. The summed E-state index contributed by atoms with van der Waals surface area (Å²) in [5.74, 6) is 0.975. The second-order valence-electron chi connectivity index (χ2n) is 8.69. The number of nitrogens with one attached hydrogen (secondary N) is 1. The highest BCUT2D eigenvalue weighted by atomic mass is 32.1. The van der Waals surface area contributed by atoms with Crippen LogP contribution in [0.15, 0.2) is 30.9 Å². The maximum absolute atomic E-state index is 12.8. The summed E-state index contributed by atoms with van der Waals surface area (Å²) in [6.45, 7) is 1.07. The molecule has 1 aliphatic carbocycles. The minimum absolute atomic E-state index is 0.00361. The van der Waals surface area contributed by atoms with Gasteiger partial charge < -0.3 is 20.9 Å². The SMILES string of the molecule is CN(CCN)C(=O)[C@H]1CCc2c(sc3ncnc(Nc4cc5ccnn5cc4N(C)C)c23)C1. The fraction of sp³-hybridized carbons (Fsp3) is 0.391. The van der Waals surface area contributed by atoms with Gasteiger partial charge in [-0.25, -0.2) is 14.5 Å². The van der Waals surface area contributed by atoms with Gasteiger partial charge in [0.1, 0.15) is 17.0 Å². The van der Waals surface area contributed by atoms with E-state index < -0.39 is 0 Å². The molecule has 9 nitrogen and oxygen atoms in total. The Hall–Kier alpha value is -3.24. The van der Waals surface area contributed by atoms with E-state index in [1.54, 1.807) is 28.8 Å². The lowest BCUT2D eigenvalue weighted by atomic mass is 9.87. The van der Waals surface area contributed by atoms with Crippen LogP contribution in [-0.4, -0.2) is 64.6 Å². The topological polar surface area (TPSA) is 105 Å². The fourth-order valence-corrected chi connectivity index (χ4v) is 5.84. The fourth-order valence-electron chi connectivity index (χ4n) is 4.57. The molecule has 0 aromatic carbocycles. The van der Waals surface area contributed by atoms with Crippen LogP contribution in [0.25, 0.3) is 15.7 Å². The number of pyridine rings is 1. The van der Waals surface area contributed by atoms with Crippen molar-refractivity contribution in [3.05, 3.63) is 41.3 Å². The zero-order chi connectivity index (χ0) is 23.1. The number of rotatable bonds is 6. The van der Waals surface area contributed by atoms with Gasteiger partial charge in [0.05, 0.1) is 28.5 Å². The van der Waals surface area contributed by atoms with Crippen molar-refractivity contribution in [2.24, 2.45) is 11.7 Å². The third-order valence-electron chi connectivity index (χ3n) is 6.28. The Morgan fingerprint density at radius 2 is 2.18 bits per heavy atom. The lowest BCUT2D eigenvalue weighted by molar-refractivity contribution is -0.134. The summed E-state index contributed by atoms with van der Waals surface area (Å²) >= 11 is 1.67. The van der Waals surface area contributed by atoms with E-state index >= 15 is 0 Å². The van der Waals surface area contributed by atoms with Crippen LogP contribution in [0, 0.1) is 5.92 Å². The number of hydrogen-bond acceptors (Lipinski definition) is 8. The largest absolute Gasteiger partial charge is 0.375 e. The van der Waals surface area contributed by atoms with E-state index in [2.05, 4.69) is 31.3 Å². The van der Waals surface area contributed by atoms with E-state index in [0.29, 0.717) is 13.1 Å². The molecule has 0 bridgehead atoms. The molecular formula is C23H28N8OS. The first kappa shape index (κ1) is 21.6. The first-order valence-corrected chi connectivity index (χ1v) is 11.9. The lowest BCUT2D eigenvalue weighted by Crippen LogP contribution is -2.38. The molecule has 0 saturated heterocycles. The molecule has 1 aliphatic rings. The van der Waals surface area contributed by atoms with Crippen LogP contribution in [-0.2, 0) is 17.6 Å². The highest BCUT2D eigenvalue weighted by Crippen LogP contribution is 2.41. The number of nitrogens with two attached hydrogens (primary N) is 1. The van der Waals surface area contributed by atoms with Gasteiger partial charge >= 0.3 is 0 Å². The Kier molecular flexibility index (Phi) is 5.63. The van der Waals surface area contributed by atoms with Crippen molar-refractivity contribution in [3.63, 3.8) is 0 Å². The Balaban J connectivity index is 1.50. The van der Waals surface area contributed by atoms with E-state index in [-0.39, 0.29) is 11.8 Å². The van der Waals surface area contributed by atoms with Gasteiger partial charge in [0.2, 0.25) is 5.91 Å². The zero-order valence-electron chi connectivity index (χ0n) is 19.1. The molecule has 0 aliphatic heterocycles. The highest BCUT2D eigenvalue weighted by molar-refractivity contribution is 7.19. The molecule has 0 spiro atoms. The maximum atomic E-state index is 12.8. The molecule has 0 saturated carbocycles. The van der Waals surface area contributed by atoms with Crippen molar-refractivity contribution >= 4 is 50.2 Å². The minimum Gasteiger partial charge on any atom is -0.375 e. The third kappa shape index (κ3) is 3.89. The summed E-state index contributed by atoms with van der Waals surface area (Å²) in [4.78, 5) is 28.0. The summed E-state index contributed by atoms with van der Waals surface area (Å²) < 4.78 is 1.86. The summed E-state index contributed by atoms with van der Waals surface area (Å²) in [6, 6.07) is 4.06. The number of carbonyl (C=O) groups excluding carboxylic acids is 1. The number of nitrogens with zero attached hydrogens (tertiary/aromatic N) is 6. The number of fused-ring (bicyclic) bond motifs is 4. The Bertz CT molecular complexity index is 1330. The normalized spacial score (nSPS) is 15.6. The van der Waals surface area contributed by atoms with Crippen molar-refractivity contribution < 1.29 is 4.79 Å². The molecular weight excluding hydrogens is 436 g/mol. The van der Waals surface area contributed by atoms with Crippen LogP contribution in [0.5, 0.6) is 0 Å². The van der Waals surface area contributed by atoms with Crippen molar-refractivity contribution in [2.75, 3.05) is 44.4 Å². The smallest absolute Gasteiger partial charge is 0.225 e. The van der Waals surface area contributed by atoms with Crippen LogP contribution in [0.2, 0.25) is 0 Å². The Morgan fingerprint density at radius 1 is 1.33 bits per heavy atom. The summed E-state index contributed by atoms with van der Waals surface area (Å²) in [7, 11) is 5.86. The van der Waals surface area contributed by atoms with Crippen LogP contribution in [0.4, 0.5) is 17.2 Å². The van der Waals surface area contributed by atoms with E-state index in [1.165, 1.54) is 10.4 Å². The number of anilines is 3. The maximum Gasteiger partial charge on any atom is 0.225 e. The third-order valence-corrected chi connectivity index (χ3v) is 7.45.